The molecule has 1 aromatic heterocycles. The number of hydrogen-bond donors (Lipinski definition) is 4. The van der Waals surface area contributed by atoms with Crippen LogP contribution in [0.15, 0.2) is 30.3 Å². The maximum absolute atomic E-state index is 13.1. The molecule has 3 aromatic rings. The number of carbonyl (C=O) groups excluding carboxylic acids is 1. The number of phenolic OH excluding ortho intramolecular Hbond substituents is 1. The summed E-state index contributed by atoms with van der Waals surface area (Å²) in [6.45, 7) is 1.35. The minimum Gasteiger partial charge on any atom is -0.507 e. The second-order valence-corrected chi connectivity index (χ2v) is 7.63. The van der Waals surface area contributed by atoms with Crippen molar-refractivity contribution in [1.82, 2.24) is 10.3 Å². The van der Waals surface area contributed by atoms with Crippen molar-refractivity contribution >= 4 is 44.2 Å². The Bertz CT molecular complexity index is 1070. The first kappa shape index (κ1) is 21.2. The molecule has 4 N–H and O–H groups in total. The number of nitrogens with zero attached hydrogens (tertiary/aromatic N) is 1. The van der Waals surface area contributed by atoms with E-state index in [0.29, 0.717) is 10.3 Å². The van der Waals surface area contributed by atoms with Crippen LogP contribution < -0.4 is 10.6 Å². The number of nitrogens with one attached hydrogen (secondary N) is 2. The number of para-hydroxylation sites is 1. The van der Waals surface area contributed by atoms with Crippen LogP contribution in [0.5, 0.6) is 5.75 Å². The molecule has 2 aromatic carbocycles. The van der Waals surface area contributed by atoms with E-state index in [0.717, 1.165) is 17.4 Å². The Morgan fingerprint density at radius 2 is 2.07 bits per heavy atom. The quantitative estimate of drug-likeness (QED) is 0.443. The van der Waals surface area contributed by atoms with Crippen molar-refractivity contribution in [2.45, 2.75) is 19.3 Å². The van der Waals surface area contributed by atoms with Crippen LogP contribution in [0.3, 0.4) is 0 Å². The van der Waals surface area contributed by atoms with E-state index in [9.17, 15) is 28.2 Å². The van der Waals surface area contributed by atoms with Gasteiger partial charge in [-0.1, -0.05) is 29.0 Å². The number of phenols is 1. The Kier molecular flexibility index (Phi) is 5.87. The summed E-state index contributed by atoms with van der Waals surface area (Å²) in [5.74, 6) is -1.02. The number of fused-ring (bicyclic) bond motifs is 1. The van der Waals surface area contributed by atoms with Gasteiger partial charge in [-0.3, -0.25) is 4.79 Å². The number of alkyl halides is 3. The van der Waals surface area contributed by atoms with Crippen LogP contribution in [0.2, 0.25) is 5.02 Å². The normalized spacial score (nSPS) is 12.8. The Labute approximate surface area is 172 Å². The van der Waals surface area contributed by atoms with E-state index in [1.807, 2.05) is 0 Å². The number of hydrogen-bond acceptors (Lipinski definition) is 6. The number of carbonyl (C=O) groups is 1. The minimum atomic E-state index is -4.53. The molecule has 6 nitrogen and oxygen atoms in total. The standard InChI is InChI=1S/C18H15ClF3N3O3S/c1-8-5-9(19)6-10(15(8)27)16(28)24-13(26)7-23-17-25-14-11(18(20,21)22)3-2-4-12(14)29-17/h2-6,13,26-27H,7H2,1H3,(H,23,25)(H,24,28). The zero-order chi connectivity index (χ0) is 21.3. The van der Waals surface area contributed by atoms with E-state index in [4.69, 9.17) is 11.6 Å². The maximum atomic E-state index is 13.1. The van der Waals surface area contributed by atoms with Crippen molar-refractivity contribution in [2.75, 3.05) is 11.9 Å². The van der Waals surface area contributed by atoms with E-state index >= 15 is 0 Å². The highest BCUT2D eigenvalue weighted by Gasteiger charge is 2.33. The molecule has 1 heterocycles. The third kappa shape index (κ3) is 4.72. The lowest BCUT2D eigenvalue weighted by Gasteiger charge is -2.14. The van der Waals surface area contributed by atoms with Crippen molar-refractivity contribution in [3.05, 3.63) is 52.0 Å². The number of thiazole rings is 1. The van der Waals surface area contributed by atoms with E-state index in [2.05, 4.69) is 15.6 Å². The van der Waals surface area contributed by atoms with Gasteiger partial charge >= 0.3 is 6.18 Å². The zero-order valence-corrected chi connectivity index (χ0v) is 16.4. The van der Waals surface area contributed by atoms with Crippen molar-refractivity contribution in [3.8, 4) is 5.75 Å². The number of amides is 1. The van der Waals surface area contributed by atoms with Crippen LogP contribution >= 0.6 is 22.9 Å². The molecule has 0 radical (unpaired) electrons. The number of aromatic nitrogens is 1. The average molecular weight is 446 g/mol. The first-order chi connectivity index (χ1) is 13.6. The van der Waals surface area contributed by atoms with E-state index < -0.39 is 23.9 Å². The molecule has 0 aliphatic carbocycles. The second-order valence-electron chi connectivity index (χ2n) is 6.16. The lowest BCUT2D eigenvalue weighted by atomic mass is 10.1. The largest absolute Gasteiger partial charge is 0.507 e. The third-order valence-corrected chi connectivity index (χ3v) is 5.18. The van der Waals surface area contributed by atoms with Crippen molar-refractivity contribution in [1.29, 1.82) is 0 Å². The summed E-state index contributed by atoms with van der Waals surface area (Å²) in [6, 6.07) is 6.48. The number of aliphatic hydroxyl groups excluding tert-OH is 1. The Balaban J connectivity index is 1.68. The van der Waals surface area contributed by atoms with E-state index in [1.165, 1.54) is 24.3 Å². The predicted molar refractivity (Wildman–Crippen MR) is 104 cm³/mol. The molecule has 0 bridgehead atoms. The number of rotatable bonds is 5. The Morgan fingerprint density at radius 1 is 1.34 bits per heavy atom. The fourth-order valence-electron chi connectivity index (χ4n) is 2.63. The summed E-state index contributed by atoms with van der Waals surface area (Å²) in [5, 5.41) is 25.3. The molecule has 154 valence electrons. The molecule has 1 atom stereocenters. The molecule has 3 rings (SSSR count). The molecule has 0 spiro atoms. The van der Waals surface area contributed by atoms with Crippen molar-refractivity contribution in [2.24, 2.45) is 0 Å². The highest BCUT2D eigenvalue weighted by Crippen LogP contribution is 2.37. The Hall–Kier alpha value is -2.56. The van der Waals surface area contributed by atoms with Crippen molar-refractivity contribution < 1.29 is 28.2 Å². The van der Waals surface area contributed by atoms with Gasteiger partial charge in [0.25, 0.3) is 5.91 Å². The number of benzene rings is 2. The van der Waals surface area contributed by atoms with Gasteiger partial charge in [0, 0.05) is 5.02 Å². The second kappa shape index (κ2) is 8.05. The first-order valence-corrected chi connectivity index (χ1v) is 9.44. The topological polar surface area (TPSA) is 94.5 Å². The molecular formula is C18H15ClF3N3O3S. The highest BCUT2D eigenvalue weighted by molar-refractivity contribution is 7.22. The molecule has 1 amide bonds. The first-order valence-electron chi connectivity index (χ1n) is 8.25. The van der Waals surface area contributed by atoms with Crippen LogP contribution in [0, 0.1) is 6.92 Å². The molecule has 0 saturated heterocycles. The Morgan fingerprint density at radius 3 is 2.76 bits per heavy atom. The molecule has 0 aliphatic heterocycles. The third-order valence-electron chi connectivity index (χ3n) is 3.98. The molecule has 0 aliphatic rings. The van der Waals surface area contributed by atoms with Crippen molar-refractivity contribution in [3.63, 3.8) is 0 Å². The van der Waals surface area contributed by atoms with Crippen LogP contribution in [-0.4, -0.2) is 33.9 Å². The predicted octanol–water partition coefficient (Wildman–Crippen LogP) is 4.14. The molecule has 11 heteroatoms. The van der Waals surface area contributed by atoms with Gasteiger partial charge in [0.2, 0.25) is 0 Å². The molecule has 1 unspecified atom stereocenters. The smallest absolute Gasteiger partial charge is 0.418 e. The zero-order valence-electron chi connectivity index (χ0n) is 14.8. The number of aryl methyl sites for hydroxylation is 1. The highest BCUT2D eigenvalue weighted by atomic mass is 35.5. The lowest BCUT2D eigenvalue weighted by Crippen LogP contribution is -2.39. The number of aromatic hydroxyl groups is 1. The fraction of sp³-hybridized carbons (Fsp3) is 0.222. The van der Waals surface area contributed by atoms with E-state index in [-0.39, 0.29) is 33.5 Å². The summed E-state index contributed by atoms with van der Waals surface area (Å²) in [4.78, 5) is 16.2. The fourth-order valence-corrected chi connectivity index (χ4v) is 3.80. The number of aliphatic hydroxyl groups is 1. The summed E-state index contributed by atoms with van der Waals surface area (Å²) >= 11 is 6.86. The SMILES string of the molecule is Cc1cc(Cl)cc(C(=O)NC(O)CNc2nc3c(C(F)(F)F)cccc3s2)c1O. The number of anilines is 1. The van der Waals surface area contributed by atoms with Crippen LogP contribution in [0.1, 0.15) is 21.5 Å². The molecule has 0 saturated carbocycles. The minimum absolute atomic E-state index is 0.108. The molecule has 29 heavy (non-hydrogen) atoms. The summed E-state index contributed by atoms with van der Waals surface area (Å²) in [5.41, 5.74) is -0.751. The lowest BCUT2D eigenvalue weighted by molar-refractivity contribution is -0.136. The van der Waals surface area contributed by atoms with Gasteiger partial charge < -0.3 is 20.8 Å². The van der Waals surface area contributed by atoms with Crippen LogP contribution in [0.25, 0.3) is 10.2 Å². The van der Waals surface area contributed by atoms with Gasteiger partial charge in [-0.05, 0) is 36.8 Å². The van der Waals surface area contributed by atoms with Gasteiger partial charge in [0.05, 0.1) is 27.9 Å². The average Bonchev–Trinajstić information content (AvgIpc) is 3.04. The summed E-state index contributed by atoms with van der Waals surface area (Å²) < 4.78 is 39.5. The van der Waals surface area contributed by atoms with Gasteiger partial charge in [0.1, 0.15) is 12.0 Å². The van der Waals surface area contributed by atoms with Crippen LogP contribution in [-0.2, 0) is 6.18 Å². The van der Waals surface area contributed by atoms with E-state index in [1.54, 1.807) is 6.92 Å². The van der Waals surface area contributed by atoms with Gasteiger partial charge in [-0.2, -0.15) is 13.2 Å². The number of halogens is 4. The summed E-state index contributed by atoms with van der Waals surface area (Å²) in [6.07, 6.45) is -5.93. The summed E-state index contributed by atoms with van der Waals surface area (Å²) in [7, 11) is 0. The molecular weight excluding hydrogens is 431 g/mol. The molecule has 0 fully saturated rings. The monoisotopic (exact) mass is 445 g/mol. The van der Waals surface area contributed by atoms with Crippen LogP contribution in [0.4, 0.5) is 18.3 Å². The van der Waals surface area contributed by atoms with Gasteiger partial charge in [-0.15, -0.1) is 0 Å². The van der Waals surface area contributed by atoms with Gasteiger partial charge in [0.15, 0.2) is 5.13 Å². The maximum Gasteiger partial charge on any atom is 0.418 e. The van der Waals surface area contributed by atoms with Gasteiger partial charge in [-0.25, -0.2) is 4.98 Å².